The molecular weight excluding hydrogens is 698 g/mol. The summed E-state index contributed by atoms with van der Waals surface area (Å²) < 4.78 is 48.9. The quantitative estimate of drug-likeness (QED) is 0.0930. The van der Waals surface area contributed by atoms with Gasteiger partial charge in [-0.05, 0) is 30.5 Å². The summed E-state index contributed by atoms with van der Waals surface area (Å²) in [7, 11) is 0. The number of aryl methyl sites for hydroxylation is 1. The van der Waals surface area contributed by atoms with Crippen LogP contribution in [0.5, 0.6) is 5.75 Å². The maximum Gasteiger partial charge on any atom is 1.00 e. The summed E-state index contributed by atoms with van der Waals surface area (Å²) in [6.07, 6.45) is 10.8. The van der Waals surface area contributed by atoms with Gasteiger partial charge >= 0.3 is 58.2 Å². The third-order valence-corrected chi connectivity index (χ3v) is 6.91. The summed E-state index contributed by atoms with van der Waals surface area (Å²) in [6, 6.07) is 5.32. The van der Waals surface area contributed by atoms with Crippen molar-refractivity contribution in [3.8, 4) is 5.75 Å². The number of carboxylic acid groups (broad SMARTS) is 1. The van der Waals surface area contributed by atoms with Gasteiger partial charge in [0, 0.05) is 5.56 Å². The zero-order valence-corrected chi connectivity index (χ0v) is 34.7. The van der Waals surface area contributed by atoms with Gasteiger partial charge in [0.05, 0.1) is 118 Å². The Hall–Kier alpha value is -0.0648. The first-order valence-corrected chi connectivity index (χ1v) is 17.4. The molecule has 0 saturated carbocycles. The summed E-state index contributed by atoms with van der Waals surface area (Å²) in [5.74, 6) is -0.927. The molecule has 0 bridgehead atoms. The van der Waals surface area contributed by atoms with Gasteiger partial charge in [0.1, 0.15) is 12.4 Å². The van der Waals surface area contributed by atoms with E-state index in [1.165, 1.54) is 38.5 Å². The first-order valence-electron chi connectivity index (χ1n) is 17.4. The number of rotatable bonds is 37. The number of ether oxygens (including phenoxy) is 9. The first kappa shape index (κ1) is 47.9. The number of hydrogen-bond donors (Lipinski definition) is 1. The van der Waals surface area contributed by atoms with Crippen LogP contribution in [0.2, 0.25) is 0 Å². The van der Waals surface area contributed by atoms with Crippen molar-refractivity contribution in [3.05, 3.63) is 29.3 Å². The SMILES string of the molecule is CCCCCCCCCCc1ccc(OCCOCCOCCOCCOCCOCCOCCOCCOCCO)c(C(=O)[O-])c1.[Rb+]. The first-order chi connectivity index (χ1) is 23.2. The zero-order chi connectivity index (χ0) is 33.9. The maximum absolute atomic E-state index is 11.6. The molecule has 0 atom stereocenters. The van der Waals surface area contributed by atoms with E-state index in [1.807, 2.05) is 6.07 Å². The number of carboxylic acids is 1. The van der Waals surface area contributed by atoms with Gasteiger partial charge in [0.2, 0.25) is 0 Å². The van der Waals surface area contributed by atoms with Crippen LogP contribution >= 0.6 is 0 Å². The number of benzene rings is 1. The van der Waals surface area contributed by atoms with Crippen molar-refractivity contribution in [3.63, 3.8) is 0 Å². The predicted molar refractivity (Wildman–Crippen MR) is 176 cm³/mol. The number of aliphatic hydroxyl groups is 1. The molecule has 0 heterocycles. The predicted octanol–water partition coefficient (Wildman–Crippen LogP) is 0.241. The molecule has 0 aliphatic heterocycles. The van der Waals surface area contributed by atoms with Crippen LogP contribution in [0.25, 0.3) is 0 Å². The van der Waals surface area contributed by atoms with Crippen LogP contribution in [0.1, 0.15) is 74.2 Å². The molecule has 0 amide bonds. The van der Waals surface area contributed by atoms with E-state index in [1.54, 1.807) is 12.1 Å². The molecule has 0 aromatic heterocycles. The van der Waals surface area contributed by atoms with Gasteiger partial charge in [-0.1, -0.05) is 57.9 Å². The Kier molecular flexibility index (Phi) is 38.1. The van der Waals surface area contributed by atoms with Crippen LogP contribution in [0.3, 0.4) is 0 Å². The Bertz CT molecular complexity index is 833. The summed E-state index contributed by atoms with van der Waals surface area (Å²) in [4.78, 5) is 11.6. The summed E-state index contributed by atoms with van der Waals surface area (Å²) >= 11 is 0. The fourth-order valence-corrected chi connectivity index (χ4v) is 4.40. The van der Waals surface area contributed by atoms with Crippen molar-refractivity contribution < 1.29 is 116 Å². The minimum absolute atomic E-state index is 0. The Labute approximate surface area is 337 Å². The molecule has 0 fully saturated rings. The van der Waals surface area contributed by atoms with E-state index in [0.29, 0.717) is 111 Å². The number of aromatic carboxylic acids is 1. The molecule has 0 aliphatic carbocycles. The van der Waals surface area contributed by atoms with Crippen LogP contribution in [-0.4, -0.2) is 130 Å². The zero-order valence-electron chi connectivity index (χ0n) is 29.8. The Balaban J connectivity index is 0.0000221. The molecule has 1 aromatic carbocycles. The second-order valence-corrected chi connectivity index (χ2v) is 10.8. The molecule has 274 valence electrons. The van der Waals surface area contributed by atoms with Crippen molar-refractivity contribution in [1.29, 1.82) is 0 Å². The van der Waals surface area contributed by atoms with E-state index in [4.69, 9.17) is 47.7 Å². The van der Waals surface area contributed by atoms with Gasteiger partial charge in [-0.3, -0.25) is 0 Å². The van der Waals surface area contributed by atoms with E-state index in [0.717, 1.165) is 24.8 Å². The number of carbonyl (C=O) groups is 1. The molecule has 48 heavy (non-hydrogen) atoms. The van der Waals surface area contributed by atoms with Crippen LogP contribution in [0, 0.1) is 0 Å². The third-order valence-electron chi connectivity index (χ3n) is 6.91. The molecule has 12 nitrogen and oxygen atoms in total. The van der Waals surface area contributed by atoms with Crippen molar-refractivity contribution in [1.82, 2.24) is 0 Å². The molecule has 0 unspecified atom stereocenters. The van der Waals surface area contributed by atoms with Gasteiger partial charge in [0.15, 0.2) is 0 Å². The van der Waals surface area contributed by atoms with Crippen LogP contribution < -0.4 is 68.0 Å². The fourth-order valence-electron chi connectivity index (χ4n) is 4.40. The minimum atomic E-state index is -1.23. The van der Waals surface area contributed by atoms with Crippen molar-refractivity contribution >= 4 is 5.97 Å². The van der Waals surface area contributed by atoms with E-state index in [2.05, 4.69) is 6.92 Å². The van der Waals surface area contributed by atoms with Gasteiger partial charge < -0.3 is 57.6 Å². The minimum Gasteiger partial charge on any atom is -0.545 e. The van der Waals surface area contributed by atoms with Crippen LogP contribution in [-0.2, 0) is 44.3 Å². The molecule has 1 N–H and O–H groups in total. The van der Waals surface area contributed by atoms with Gasteiger partial charge in [-0.15, -0.1) is 0 Å². The van der Waals surface area contributed by atoms with Gasteiger partial charge in [0.25, 0.3) is 0 Å². The summed E-state index contributed by atoms with van der Waals surface area (Å²) in [6.45, 7) is 9.69. The van der Waals surface area contributed by atoms with Gasteiger partial charge in [-0.25, -0.2) is 0 Å². The molecule has 0 saturated heterocycles. The van der Waals surface area contributed by atoms with E-state index in [9.17, 15) is 9.90 Å². The van der Waals surface area contributed by atoms with Crippen molar-refractivity contribution in [2.75, 3.05) is 119 Å². The largest absolute Gasteiger partial charge is 1.00 e. The fraction of sp³-hybridized carbons (Fsp3) is 0.800. The van der Waals surface area contributed by atoms with Crippen LogP contribution in [0.4, 0.5) is 0 Å². The van der Waals surface area contributed by atoms with Gasteiger partial charge in [-0.2, -0.15) is 0 Å². The second-order valence-electron chi connectivity index (χ2n) is 10.8. The van der Waals surface area contributed by atoms with E-state index < -0.39 is 5.97 Å². The Morgan fingerprint density at radius 2 is 0.938 bits per heavy atom. The smallest absolute Gasteiger partial charge is 0.545 e. The molecular formula is C35H61O12Rb. The molecule has 0 aliphatic rings. The third kappa shape index (κ3) is 30.7. The van der Waals surface area contributed by atoms with E-state index in [-0.39, 0.29) is 77.0 Å². The average molecular weight is 759 g/mol. The normalized spacial score (nSPS) is 11.1. The number of carbonyl (C=O) groups excluding carboxylic acids is 1. The maximum atomic E-state index is 11.6. The van der Waals surface area contributed by atoms with Crippen molar-refractivity contribution in [2.45, 2.75) is 64.7 Å². The van der Waals surface area contributed by atoms with Crippen molar-refractivity contribution in [2.24, 2.45) is 0 Å². The Morgan fingerprint density at radius 1 is 0.562 bits per heavy atom. The number of hydrogen-bond acceptors (Lipinski definition) is 12. The summed E-state index contributed by atoms with van der Waals surface area (Å²) in [5, 5.41) is 20.2. The molecule has 0 spiro atoms. The summed E-state index contributed by atoms with van der Waals surface area (Å²) in [5.41, 5.74) is 1.08. The molecule has 1 rings (SSSR count). The molecule has 1 aromatic rings. The average Bonchev–Trinajstić information content (AvgIpc) is 3.07. The molecule has 0 radical (unpaired) electrons. The second kappa shape index (κ2) is 38.2. The molecule has 13 heteroatoms. The number of aliphatic hydroxyl groups excluding tert-OH is 1. The van der Waals surface area contributed by atoms with E-state index >= 15 is 0 Å². The number of unbranched alkanes of at least 4 members (excludes halogenated alkanes) is 7. The van der Waals surface area contributed by atoms with Crippen LogP contribution in [0.15, 0.2) is 18.2 Å². The monoisotopic (exact) mass is 758 g/mol. The standard InChI is InChI=1S/C35H62O12.Rb/c1-2-3-4-5-6-7-8-9-10-32-11-12-34(33(31-32)35(37)38)47-30-29-46-28-27-45-26-25-44-24-23-43-22-21-42-20-19-41-18-17-40-16-15-39-14-13-36;/h11-12,31,36H,2-10,13-30H2,1H3,(H,37,38);/q;+1/p-1. The Morgan fingerprint density at radius 3 is 1.33 bits per heavy atom. The topological polar surface area (TPSA) is 143 Å².